The molecular weight excluding hydrogens is 659 g/mol. The van der Waals surface area contributed by atoms with Gasteiger partial charge in [0.05, 0.1) is 22.7 Å². The van der Waals surface area contributed by atoms with E-state index in [9.17, 15) is 14.4 Å². The molecule has 1 atom stereocenters. The average Bonchev–Trinajstić information content (AvgIpc) is 3.53. The molecular formula is C35H32Cl2N4O5S. The van der Waals surface area contributed by atoms with E-state index in [0.717, 1.165) is 45.3 Å². The summed E-state index contributed by atoms with van der Waals surface area (Å²) in [6.45, 7) is 0.815. The van der Waals surface area contributed by atoms with Gasteiger partial charge < -0.3 is 19.4 Å². The largest absolute Gasteiger partial charge is 0.486 e. The summed E-state index contributed by atoms with van der Waals surface area (Å²) in [6.07, 6.45) is 1.48. The number of hydrogen-bond donors (Lipinski definition) is 2. The van der Waals surface area contributed by atoms with Gasteiger partial charge in [0.2, 0.25) is 11.8 Å². The van der Waals surface area contributed by atoms with Gasteiger partial charge in [-0.1, -0.05) is 59.8 Å². The molecule has 0 bridgehead atoms. The Morgan fingerprint density at radius 1 is 0.936 bits per heavy atom. The summed E-state index contributed by atoms with van der Waals surface area (Å²) < 4.78 is 14.1. The summed E-state index contributed by atoms with van der Waals surface area (Å²) >= 11 is 7.03. The first-order valence-electron chi connectivity index (χ1n) is 14.8. The molecule has 1 saturated heterocycles. The highest BCUT2D eigenvalue weighted by Crippen LogP contribution is 2.27. The van der Waals surface area contributed by atoms with Crippen LogP contribution in [0.15, 0.2) is 91.0 Å². The number of imide groups is 1. The molecule has 1 aliphatic heterocycles. The fourth-order valence-electron chi connectivity index (χ4n) is 5.12. The highest BCUT2D eigenvalue weighted by molar-refractivity contribution is 8.15. The number of nitrogens with one attached hydrogen (secondary N) is 2. The summed E-state index contributed by atoms with van der Waals surface area (Å²) in [5.41, 5.74) is 4.68. The fraction of sp³-hybridized carbons (Fsp3) is 0.200. The number of halogens is 2. The van der Waals surface area contributed by atoms with Crippen LogP contribution >= 0.6 is 35.8 Å². The van der Waals surface area contributed by atoms with Crippen LogP contribution in [0.5, 0.6) is 17.2 Å². The number of benzene rings is 4. The lowest BCUT2D eigenvalue weighted by atomic mass is 10.1. The first-order valence-corrected chi connectivity index (χ1v) is 16.0. The molecule has 0 saturated carbocycles. The predicted molar refractivity (Wildman–Crippen MR) is 186 cm³/mol. The van der Waals surface area contributed by atoms with Gasteiger partial charge in [0.1, 0.15) is 29.7 Å². The minimum Gasteiger partial charge on any atom is -0.486 e. The Hall–Kier alpha value is -4.51. The maximum Gasteiger partial charge on any atom is 0.286 e. The Labute approximate surface area is 287 Å². The van der Waals surface area contributed by atoms with Crippen molar-refractivity contribution in [1.82, 2.24) is 20.2 Å². The van der Waals surface area contributed by atoms with Crippen LogP contribution in [-0.2, 0) is 42.5 Å². The molecule has 3 amide bonds. The molecule has 2 heterocycles. The average molecular weight is 692 g/mol. The number of fused-ring (bicyclic) bond motifs is 1. The number of rotatable bonds is 12. The van der Waals surface area contributed by atoms with Crippen molar-refractivity contribution in [2.24, 2.45) is 7.05 Å². The van der Waals surface area contributed by atoms with Gasteiger partial charge >= 0.3 is 0 Å². The van der Waals surface area contributed by atoms with Gasteiger partial charge in [-0.25, -0.2) is 4.98 Å². The van der Waals surface area contributed by atoms with Crippen molar-refractivity contribution < 1.29 is 23.9 Å². The molecule has 12 heteroatoms. The third-order valence-electron chi connectivity index (χ3n) is 7.57. The number of amides is 3. The van der Waals surface area contributed by atoms with E-state index in [1.165, 1.54) is 0 Å². The second-order valence-corrected chi connectivity index (χ2v) is 12.5. The number of aryl methyl sites for hydroxylation is 1. The van der Waals surface area contributed by atoms with E-state index in [-0.39, 0.29) is 36.1 Å². The van der Waals surface area contributed by atoms with Crippen molar-refractivity contribution in [3.05, 3.63) is 119 Å². The first-order chi connectivity index (χ1) is 22.3. The lowest BCUT2D eigenvalue weighted by molar-refractivity contribution is -0.120. The van der Waals surface area contributed by atoms with Crippen molar-refractivity contribution >= 4 is 63.9 Å². The Kier molecular flexibility index (Phi) is 11.1. The van der Waals surface area contributed by atoms with Gasteiger partial charge in [-0.05, 0) is 78.1 Å². The van der Waals surface area contributed by atoms with Crippen LogP contribution < -0.4 is 20.1 Å². The topological polar surface area (TPSA) is 112 Å². The van der Waals surface area contributed by atoms with Crippen LogP contribution in [-0.4, -0.2) is 38.4 Å². The molecule has 9 nitrogen and oxygen atoms in total. The van der Waals surface area contributed by atoms with E-state index in [4.69, 9.17) is 26.1 Å². The molecule has 0 aliphatic carbocycles. The Morgan fingerprint density at radius 3 is 2.38 bits per heavy atom. The number of carbonyl (C=O) groups is 3. The molecule has 2 N–H and O–H groups in total. The predicted octanol–water partition coefficient (Wildman–Crippen LogP) is 6.82. The van der Waals surface area contributed by atoms with Crippen LogP contribution in [0.1, 0.15) is 22.5 Å². The highest BCUT2D eigenvalue weighted by Gasteiger charge is 2.31. The maximum absolute atomic E-state index is 12.3. The van der Waals surface area contributed by atoms with Gasteiger partial charge in [0.25, 0.3) is 5.24 Å². The van der Waals surface area contributed by atoms with E-state index in [0.29, 0.717) is 48.1 Å². The summed E-state index contributed by atoms with van der Waals surface area (Å²) in [5.74, 6) is 2.56. The molecule has 6 rings (SSSR count). The van der Waals surface area contributed by atoms with E-state index < -0.39 is 5.25 Å². The summed E-state index contributed by atoms with van der Waals surface area (Å²) in [4.78, 5) is 40.2. The van der Waals surface area contributed by atoms with Gasteiger partial charge in [-0.15, -0.1) is 12.4 Å². The van der Waals surface area contributed by atoms with Crippen molar-refractivity contribution in [2.45, 2.75) is 31.1 Å². The Balaban J connectivity index is 0.00000433. The third-order valence-corrected chi connectivity index (χ3v) is 8.79. The molecule has 1 unspecified atom stereocenters. The normalized spacial score (nSPS) is 14.0. The van der Waals surface area contributed by atoms with Gasteiger partial charge in [0.15, 0.2) is 0 Å². The summed E-state index contributed by atoms with van der Waals surface area (Å²) in [6, 6.07) is 28.4. The van der Waals surface area contributed by atoms with E-state index in [2.05, 4.69) is 10.6 Å². The SMILES string of the molecule is Cl.Cn1c(COc2ccc(CC3SC(=O)NC3=O)cc2)nc2ccc(Oc3ccc(CCNC(=O)Cc4cccc(Cl)c4)cc3)cc21. The zero-order valence-electron chi connectivity index (χ0n) is 25.4. The van der Waals surface area contributed by atoms with E-state index >= 15 is 0 Å². The van der Waals surface area contributed by atoms with Crippen molar-refractivity contribution in [3.63, 3.8) is 0 Å². The van der Waals surface area contributed by atoms with Crippen LogP contribution in [0.25, 0.3) is 11.0 Å². The van der Waals surface area contributed by atoms with E-state index in [1.54, 1.807) is 12.1 Å². The second kappa shape index (κ2) is 15.4. The highest BCUT2D eigenvalue weighted by atomic mass is 35.5. The number of imidazole rings is 1. The summed E-state index contributed by atoms with van der Waals surface area (Å²) in [5, 5.41) is 5.20. The molecule has 4 aromatic carbocycles. The van der Waals surface area contributed by atoms with Crippen molar-refractivity contribution in [3.8, 4) is 17.2 Å². The minimum absolute atomic E-state index is 0. The monoisotopic (exact) mass is 690 g/mol. The van der Waals surface area contributed by atoms with Gasteiger partial charge in [0, 0.05) is 24.7 Å². The Morgan fingerprint density at radius 2 is 1.66 bits per heavy atom. The number of thioether (sulfide) groups is 1. The zero-order chi connectivity index (χ0) is 32.0. The first kappa shape index (κ1) is 33.8. The summed E-state index contributed by atoms with van der Waals surface area (Å²) in [7, 11) is 1.94. The lowest BCUT2D eigenvalue weighted by Gasteiger charge is -2.09. The van der Waals surface area contributed by atoms with Crippen LogP contribution in [0.2, 0.25) is 5.02 Å². The van der Waals surface area contributed by atoms with Gasteiger partial charge in [-0.3, -0.25) is 19.7 Å². The van der Waals surface area contributed by atoms with Crippen LogP contribution in [0.3, 0.4) is 0 Å². The molecule has 0 spiro atoms. The molecule has 1 aromatic heterocycles. The maximum atomic E-state index is 12.3. The Bertz CT molecular complexity index is 1900. The molecule has 242 valence electrons. The number of hydrogen-bond acceptors (Lipinski definition) is 7. The standard InChI is InChI=1S/C35H31ClN4O5S.ClH/c1-40-30-20-28(45-27-11-5-22(6-12-27)15-16-37-33(41)19-24-3-2-4-25(36)17-24)13-14-29(30)38-32(40)21-44-26-9-7-23(8-10-26)18-31-34(42)39-35(43)46-31;/h2-14,17,20,31H,15-16,18-19,21H2,1H3,(H,37,41)(H,39,42,43);1H. The van der Waals surface area contributed by atoms with Crippen LogP contribution in [0, 0.1) is 0 Å². The lowest BCUT2D eigenvalue weighted by Crippen LogP contribution is -2.27. The number of ether oxygens (including phenoxy) is 2. The van der Waals surface area contributed by atoms with Gasteiger partial charge in [-0.2, -0.15) is 0 Å². The van der Waals surface area contributed by atoms with Crippen LogP contribution in [0.4, 0.5) is 4.79 Å². The molecule has 47 heavy (non-hydrogen) atoms. The molecule has 1 aliphatic rings. The smallest absolute Gasteiger partial charge is 0.286 e. The minimum atomic E-state index is -0.398. The second-order valence-electron chi connectivity index (χ2n) is 10.9. The third kappa shape index (κ3) is 8.85. The van der Waals surface area contributed by atoms with E-state index in [1.807, 2.05) is 90.5 Å². The zero-order valence-corrected chi connectivity index (χ0v) is 27.8. The van der Waals surface area contributed by atoms with Crippen molar-refractivity contribution in [2.75, 3.05) is 6.54 Å². The molecule has 0 radical (unpaired) electrons. The molecule has 5 aromatic rings. The van der Waals surface area contributed by atoms with Crippen molar-refractivity contribution in [1.29, 1.82) is 0 Å². The molecule has 1 fully saturated rings. The fourth-order valence-corrected chi connectivity index (χ4v) is 6.20. The number of aromatic nitrogens is 2. The number of carbonyl (C=O) groups excluding carboxylic acids is 3. The number of nitrogens with zero attached hydrogens (tertiary/aromatic N) is 2. The quantitative estimate of drug-likeness (QED) is 0.148.